The van der Waals surface area contributed by atoms with Crippen LogP contribution in [0.25, 0.3) is 0 Å². The van der Waals surface area contributed by atoms with Crippen molar-refractivity contribution in [1.29, 1.82) is 0 Å². The van der Waals surface area contributed by atoms with Crippen LogP contribution in [-0.4, -0.2) is 23.6 Å². The van der Waals surface area contributed by atoms with Gasteiger partial charge in [0.1, 0.15) is 5.54 Å². The summed E-state index contributed by atoms with van der Waals surface area (Å²) in [6.45, 7) is 5.66. The van der Waals surface area contributed by atoms with Crippen LogP contribution in [0.5, 0.6) is 0 Å². The van der Waals surface area contributed by atoms with E-state index in [0.717, 1.165) is 0 Å². The maximum Gasteiger partial charge on any atom is 0.252 e. The van der Waals surface area contributed by atoms with Gasteiger partial charge in [0.25, 0.3) is 5.91 Å². The molecule has 1 aromatic carbocycles. The number of hydrogen-bond acceptors (Lipinski definition) is 3. The van der Waals surface area contributed by atoms with Crippen LogP contribution in [0.4, 0.5) is 0 Å². The van der Waals surface area contributed by atoms with E-state index in [-0.39, 0.29) is 22.1 Å². The van der Waals surface area contributed by atoms with Gasteiger partial charge < -0.3 is 11.1 Å². The van der Waals surface area contributed by atoms with Gasteiger partial charge in [0.2, 0.25) is 5.91 Å². The van der Waals surface area contributed by atoms with Crippen molar-refractivity contribution in [3.05, 3.63) is 34.3 Å². The summed E-state index contributed by atoms with van der Waals surface area (Å²) >= 11 is 5.92. The molecule has 0 fully saturated rings. The van der Waals surface area contributed by atoms with Gasteiger partial charge in [-0.05, 0) is 30.9 Å². The third-order valence-electron chi connectivity index (χ3n) is 3.60. The van der Waals surface area contributed by atoms with Crippen LogP contribution >= 0.6 is 11.6 Å². The van der Waals surface area contributed by atoms with E-state index in [0.29, 0.717) is 19.1 Å². The van der Waals surface area contributed by atoms with E-state index in [1.165, 1.54) is 12.1 Å². The molecule has 1 rings (SSSR count). The number of hydrogen-bond donors (Lipinski definition) is 2. The predicted octanol–water partition coefficient (Wildman–Crippen LogP) is 2.56. The Bertz CT molecular complexity index is 587. The normalized spacial score (nSPS) is 13.5. The fourth-order valence-electron chi connectivity index (χ4n) is 2.46. The lowest BCUT2D eigenvalue weighted by Crippen LogP contribution is -2.57. The number of nitrogens with two attached hydrogens (primary N) is 1. The van der Waals surface area contributed by atoms with E-state index in [4.69, 9.17) is 17.3 Å². The first-order valence-corrected chi connectivity index (χ1v) is 7.51. The summed E-state index contributed by atoms with van der Waals surface area (Å²) in [7, 11) is 0. The van der Waals surface area contributed by atoms with Crippen molar-refractivity contribution in [2.75, 3.05) is 0 Å². The molecule has 0 aliphatic carbocycles. The van der Waals surface area contributed by atoms with E-state index >= 15 is 0 Å². The zero-order chi connectivity index (χ0) is 16.9. The van der Waals surface area contributed by atoms with Crippen LogP contribution in [-0.2, 0) is 4.79 Å². The van der Waals surface area contributed by atoms with Gasteiger partial charge in [-0.3, -0.25) is 14.4 Å². The number of primary amides is 1. The van der Waals surface area contributed by atoms with E-state index in [9.17, 15) is 14.4 Å². The van der Waals surface area contributed by atoms with Crippen molar-refractivity contribution < 1.29 is 14.4 Å². The minimum Gasteiger partial charge on any atom is -0.368 e. The van der Waals surface area contributed by atoms with E-state index < -0.39 is 17.4 Å². The first kappa shape index (κ1) is 18.2. The average molecular weight is 325 g/mol. The van der Waals surface area contributed by atoms with Gasteiger partial charge in [-0.2, -0.15) is 0 Å². The Hall–Kier alpha value is -1.88. The molecule has 0 aliphatic heterocycles. The SMILES string of the molecule is CCC(CC(C)C)(NC(=O)c1cccc(Cl)c1C=O)C(N)=O. The van der Waals surface area contributed by atoms with Gasteiger partial charge in [0.15, 0.2) is 6.29 Å². The quantitative estimate of drug-likeness (QED) is 0.755. The van der Waals surface area contributed by atoms with Gasteiger partial charge in [0.05, 0.1) is 10.6 Å². The van der Waals surface area contributed by atoms with Crippen molar-refractivity contribution in [1.82, 2.24) is 5.32 Å². The molecule has 1 atom stereocenters. The Labute approximate surface area is 135 Å². The zero-order valence-corrected chi connectivity index (χ0v) is 13.7. The van der Waals surface area contributed by atoms with Gasteiger partial charge >= 0.3 is 0 Å². The summed E-state index contributed by atoms with van der Waals surface area (Å²) in [4.78, 5) is 35.5. The highest BCUT2D eigenvalue weighted by molar-refractivity contribution is 6.33. The van der Waals surface area contributed by atoms with Crippen molar-refractivity contribution in [3.8, 4) is 0 Å². The molecule has 3 N–H and O–H groups in total. The second-order valence-corrected chi connectivity index (χ2v) is 6.08. The van der Waals surface area contributed by atoms with Crippen molar-refractivity contribution in [3.63, 3.8) is 0 Å². The fourth-order valence-corrected chi connectivity index (χ4v) is 2.68. The molecule has 0 saturated carbocycles. The van der Waals surface area contributed by atoms with Crippen molar-refractivity contribution in [2.45, 2.75) is 39.2 Å². The Morgan fingerprint density at radius 3 is 2.50 bits per heavy atom. The van der Waals surface area contributed by atoms with E-state index in [2.05, 4.69) is 5.32 Å². The zero-order valence-electron chi connectivity index (χ0n) is 13.0. The molecule has 120 valence electrons. The van der Waals surface area contributed by atoms with Gasteiger partial charge in [-0.25, -0.2) is 0 Å². The Kier molecular flexibility index (Phi) is 6.11. The van der Waals surface area contributed by atoms with Gasteiger partial charge in [0, 0.05) is 5.56 Å². The average Bonchev–Trinajstić information content (AvgIpc) is 2.45. The fraction of sp³-hybridized carbons (Fsp3) is 0.438. The lowest BCUT2D eigenvalue weighted by Gasteiger charge is -2.32. The van der Waals surface area contributed by atoms with Crippen molar-refractivity contribution >= 4 is 29.7 Å². The van der Waals surface area contributed by atoms with Gasteiger partial charge in [-0.15, -0.1) is 0 Å². The Morgan fingerprint density at radius 1 is 1.41 bits per heavy atom. The molecule has 0 spiro atoms. The van der Waals surface area contributed by atoms with Gasteiger partial charge in [-0.1, -0.05) is 38.4 Å². The number of aldehydes is 1. The summed E-state index contributed by atoms with van der Waals surface area (Å²) in [6, 6.07) is 4.59. The largest absolute Gasteiger partial charge is 0.368 e. The highest BCUT2D eigenvalue weighted by Gasteiger charge is 2.37. The standard InChI is InChI=1S/C16H21ClN2O3/c1-4-16(15(18)22,8-10(2)3)19-14(21)11-6-5-7-13(17)12(11)9-20/h5-7,9-10H,4,8H2,1-3H3,(H2,18,22)(H,19,21). The molecule has 0 aromatic heterocycles. The molecular weight excluding hydrogens is 304 g/mol. The number of nitrogens with one attached hydrogen (secondary N) is 1. The molecular formula is C16H21ClN2O3. The number of rotatable bonds is 7. The molecule has 0 heterocycles. The van der Waals surface area contributed by atoms with E-state index in [1.807, 2.05) is 13.8 Å². The van der Waals surface area contributed by atoms with Crippen molar-refractivity contribution in [2.24, 2.45) is 11.7 Å². The minimum atomic E-state index is -1.15. The lowest BCUT2D eigenvalue weighted by molar-refractivity contribution is -0.124. The molecule has 22 heavy (non-hydrogen) atoms. The highest BCUT2D eigenvalue weighted by atomic mass is 35.5. The highest BCUT2D eigenvalue weighted by Crippen LogP contribution is 2.23. The number of carbonyl (C=O) groups is 3. The van der Waals surface area contributed by atoms with Crippen LogP contribution in [0.1, 0.15) is 54.3 Å². The summed E-state index contributed by atoms with van der Waals surface area (Å²) < 4.78 is 0. The van der Waals surface area contributed by atoms with Crippen LogP contribution in [0.2, 0.25) is 5.02 Å². The minimum absolute atomic E-state index is 0.0979. The molecule has 1 unspecified atom stereocenters. The maximum absolute atomic E-state index is 12.5. The van der Waals surface area contributed by atoms with Crippen LogP contribution in [0.15, 0.2) is 18.2 Å². The molecule has 2 amide bonds. The van der Waals surface area contributed by atoms with Crippen LogP contribution < -0.4 is 11.1 Å². The lowest BCUT2D eigenvalue weighted by atomic mass is 9.85. The number of amides is 2. The summed E-state index contributed by atoms with van der Waals surface area (Å²) in [5.74, 6) is -0.963. The number of carbonyl (C=O) groups excluding carboxylic acids is 3. The van der Waals surface area contributed by atoms with Crippen LogP contribution in [0, 0.1) is 5.92 Å². The third-order valence-corrected chi connectivity index (χ3v) is 3.93. The second kappa shape index (κ2) is 7.40. The first-order valence-electron chi connectivity index (χ1n) is 7.13. The third kappa shape index (κ3) is 3.85. The summed E-state index contributed by atoms with van der Waals surface area (Å²) in [6.07, 6.45) is 1.31. The molecule has 6 heteroatoms. The second-order valence-electron chi connectivity index (χ2n) is 5.67. The molecule has 0 aliphatic rings. The molecule has 0 saturated heterocycles. The Morgan fingerprint density at radius 2 is 2.05 bits per heavy atom. The topological polar surface area (TPSA) is 89.3 Å². The monoisotopic (exact) mass is 324 g/mol. The summed E-state index contributed by atoms with van der Waals surface area (Å²) in [5.41, 5.74) is 4.59. The molecule has 0 bridgehead atoms. The Balaban J connectivity index is 3.19. The molecule has 0 radical (unpaired) electrons. The predicted molar refractivity (Wildman–Crippen MR) is 86.0 cm³/mol. The first-order chi connectivity index (χ1) is 10.3. The maximum atomic E-state index is 12.5. The van der Waals surface area contributed by atoms with Crippen LogP contribution in [0.3, 0.4) is 0 Å². The summed E-state index contributed by atoms with van der Waals surface area (Å²) in [5, 5.41) is 2.89. The molecule has 5 nitrogen and oxygen atoms in total. The van der Waals surface area contributed by atoms with E-state index in [1.54, 1.807) is 13.0 Å². The molecule has 1 aromatic rings. The smallest absolute Gasteiger partial charge is 0.252 e. The number of halogens is 1. The number of benzene rings is 1.